The number of fused-ring (bicyclic) bond motifs is 1. The molecule has 3 heterocycles. The second-order valence-electron chi connectivity index (χ2n) is 7.28. The number of thioether (sulfide) groups is 1. The molecule has 0 atom stereocenters. The largest absolute Gasteiger partial charge is 0.469 e. The predicted octanol–water partition coefficient (Wildman–Crippen LogP) is 5.73. The summed E-state index contributed by atoms with van der Waals surface area (Å²) >= 11 is 7.83. The maximum atomic E-state index is 6.21. The highest BCUT2D eigenvalue weighted by Gasteiger charge is 2.17. The van der Waals surface area contributed by atoms with Gasteiger partial charge in [-0.05, 0) is 36.8 Å². The summed E-state index contributed by atoms with van der Waals surface area (Å²) < 4.78 is 9.65. The maximum Gasteiger partial charge on any atom is 0.191 e. The average Bonchev–Trinajstić information content (AvgIpc) is 3.44. The van der Waals surface area contributed by atoms with Crippen molar-refractivity contribution in [1.82, 2.24) is 24.3 Å². The quantitative estimate of drug-likeness (QED) is 0.310. The molecule has 0 aliphatic rings. The minimum Gasteiger partial charge on any atom is -0.469 e. The monoisotopic (exact) mass is 449 g/mol. The molecule has 0 N–H and O–H groups in total. The van der Waals surface area contributed by atoms with Crippen molar-refractivity contribution in [3.63, 3.8) is 0 Å². The zero-order chi connectivity index (χ0) is 21.4. The Kier molecular flexibility index (Phi) is 5.29. The van der Waals surface area contributed by atoms with E-state index in [9.17, 15) is 0 Å². The molecule has 0 spiro atoms. The summed E-state index contributed by atoms with van der Waals surface area (Å²) in [5, 5.41) is 10.3. The first-order valence-electron chi connectivity index (χ1n) is 9.85. The zero-order valence-corrected chi connectivity index (χ0v) is 18.7. The molecule has 0 unspecified atom stereocenters. The fourth-order valence-electron chi connectivity index (χ4n) is 3.63. The summed E-state index contributed by atoms with van der Waals surface area (Å²) in [5.41, 5.74) is 4.13. The van der Waals surface area contributed by atoms with Crippen LogP contribution in [0.5, 0.6) is 0 Å². The molecule has 156 valence electrons. The molecular weight excluding hydrogens is 430 g/mol. The van der Waals surface area contributed by atoms with Crippen LogP contribution in [0, 0.1) is 6.92 Å². The Balaban J connectivity index is 1.46. The van der Waals surface area contributed by atoms with Crippen molar-refractivity contribution in [3.05, 3.63) is 83.0 Å². The summed E-state index contributed by atoms with van der Waals surface area (Å²) in [6.45, 7) is 2.67. The van der Waals surface area contributed by atoms with Crippen molar-refractivity contribution in [3.8, 4) is 11.4 Å². The Morgan fingerprint density at radius 3 is 2.68 bits per heavy atom. The smallest absolute Gasteiger partial charge is 0.191 e. The van der Waals surface area contributed by atoms with E-state index in [0.717, 1.165) is 45.7 Å². The van der Waals surface area contributed by atoms with E-state index in [1.165, 1.54) is 5.56 Å². The summed E-state index contributed by atoms with van der Waals surface area (Å²) in [6, 6.07) is 18.2. The van der Waals surface area contributed by atoms with Crippen molar-refractivity contribution < 1.29 is 4.42 Å². The normalized spacial score (nSPS) is 11.5. The highest BCUT2D eigenvalue weighted by Crippen LogP contribution is 2.29. The molecule has 8 heteroatoms. The fourth-order valence-corrected chi connectivity index (χ4v) is 4.65. The van der Waals surface area contributed by atoms with Gasteiger partial charge in [-0.15, -0.1) is 10.2 Å². The number of benzene rings is 2. The van der Waals surface area contributed by atoms with E-state index in [1.807, 2.05) is 48.9 Å². The van der Waals surface area contributed by atoms with Gasteiger partial charge in [0.05, 0.1) is 28.6 Å². The lowest BCUT2D eigenvalue weighted by Gasteiger charge is -2.09. The molecule has 0 bridgehead atoms. The number of aryl methyl sites for hydroxylation is 1. The van der Waals surface area contributed by atoms with Crippen LogP contribution in [0.3, 0.4) is 0 Å². The molecule has 3 aromatic heterocycles. The van der Waals surface area contributed by atoms with Gasteiger partial charge >= 0.3 is 0 Å². The van der Waals surface area contributed by atoms with Crippen LogP contribution in [0.1, 0.15) is 17.1 Å². The molecule has 0 saturated heterocycles. The fraction of sp³-hybridized carbons (Fsp3) is 0.174. The van der Waals surface area contributed by atoms with E-state index < -0.39 is 0 Å². The van der Waals surface area contributed by atoms with Crippen LogP contribution >= 0.6 is 23.4 Å². The molecule has 0 fully saturated rings. The Labute approximate surface area is 188 Å². The van der Waals surface area contributed by atoms with E-state index in [0.29, 0.717) is 10.8 Å². The first-order chi connectivity index (χ1) is 15.1. The van der Waals surface area contributed by atoms with Crippen molar-refractivity contribution in [2.24, 2.45) is 7.05 Å². The SMILES string of the molecule is Cc1occc1-c1nnc(SCc2nc3cc(Cl)ccc3n2Cc2ccccc2)n1C. The number of imidazole rings is 1. The van der Waals surface area contributed by atoms with Crippen LogP contribution in [-0.2, 0) is 19.3 Å². The number of furan rings is 1. The topological polar surface area (TPSA) is 61.7 Å². The van der Waals surface area contributed by atoms with Gasteiger partial charge in [0.25, 0.3) is 0 Å². The summed E-state index contributed by atoms with van der Waals surface area (Å²) in [7, 11) is 1.97. The summed E-state index contributed by atoms with van der Waals surface area (Å²) in [6.07, 6.45) is 1.67. The molecule has 6 nitrogen and oxygen atoms in total. The van der Waals surface area contributed by atoms with Gasteiger partial charge in [0.1, 0.15) is 11.6 Å². The first kappa shape index (κ1) is 19.9. The Morgan fingerprint density at radius 2 is 1.90 bits per heavy atom. The molecule has 2 aromatic carbocycles. The molecule has 5 aromatic rings. The number of nitrogens with zero attached hydrogens (tertiary/aromatic N) is 5. The van der Waals surface area contributed by atoms with Gasteiger partial charge in [0.15, 0.2) is 11.0 Å². The third kappa shape index (κ3) is 3.86. The lowest BCUT2D eigenvalue weighted by Crippen LogP contribution is -2.05. The standard InChI is InChI=1S/C23H20ClN5OS/c1-15-18(10-11-30-15)22-26-27-23(28(22)2)31-14-21-25-19-12-17(24)8-9-20(19)29(21)13-16-6-4-3-5-7-16/h3-12H,13-14H2,1-2H3. The number of aromatic nitrogens is 5. The first-order valence-corrected chi connectivity index (χ1v) is 11.2. The van der Waals surface area contributed by atoms with Gasteiger partial charge in [-0.3, -0.25) is 0 Å². The Morgan fingerprint density at radius 1 is 1.06 bits per heavy atom. The van der Waals surface area contributed by atoms with Crippen LogP contribution in [0.2, 0.25) is 5.02 Å². The second-order valence-corrected chi connectivity index (χ2v) is 8.66. The highest BCUT2D eigenvalue weighted by atomic mass is 35.5. The maximum absolute atomic E-state index is 6.21. The highest BCUT2D eigenvalue weighted by molar-refractivity contribution is 7.98. The number of rotatable bonds is 6. The van der Waals surface area contributed by atoms with Crippen LogP contribution in [0.15, 0.2) is 70.4 Å². The minimum atomic E-state index is 0.662. The van der Waals surface area contributed by atoms with Gasteiger partial charge in [-0.25, -0.2) is 4.98 Å². The second kappa shape index (κ2) is 8.24. The van der Waals surface area contributed by atoms with Gasteiger partial charge in [0.2, 0.25) is 0 Å². The summed E-state index contributed by atoms with van der Waals surface area (Å²) in [4.78, 5) is 4.87. The Bertz CT molecular complexity index is 1360. The molecular formula is C23H20ClN5OS. The van der Waals surface area contributed by atoms with E-state index in [-0.39, 0.29) is 0 Å². The van der Waals surface area contributed by atoms with Crippen molar-refractivity contribution in [2.75, 3.05) is 0 Å². The van der Waals surface area contributed by atoms with E-state index in [4.69, 9.17) is 21.0 Å². The average molecular weight is 450 g/mol. The van der Waals surface area contributed by atoms with Gasteiger partial charge in [0, 0.05) is 18.6 Å². The number of halogens is 1. The van der Waals surface area contributed by atoms with Gasteiger partial charge < -0.3 is 13.6 Å². The lowest BCUT2D eigenvalue weighted by atomic mass is 10.2. The number of hydrogen-bond donors (Lipinski definition) is 0. The van der Waals surface area contributed by atoms with E-state index >= 15 is 0 Å². The Hall–Kier alpha value is -3.03. The predicted molar refractivity (Wildman–Crippen MR) is 123 cm³/mol. The lowest BCUT2D eigenvalue weighted by molar-refractivity contribution is 0.534. The molecule has 5 rings (SSSR count). The van der Waals surface area contributed by atoms with E-state index in [1.54, 1.807) is 18.0 Å². The third-order valence-corrected chi connectivity index (χ3v) is 6.49. The van der Waals surface area contributed by atoms with E-state index in [2.05, 4.69) is 39.0 Å². The molecule has 0 saturated carbocycles. The van der Waals surface area contributed by atoms with Crippen LogP contribution in [-0.4, -0.2) is 24.3 Å². The molecule has 0 radical (unpaired) electrons. The third-order valence-electron chi connectivity index (χ3n) is 5.24. The minimum absolute atomic E-state index is 0.662. The molecule has 0 aliphatic heterocycles. The van der Waals surface area contributed by atoms with Crippen molar-refractivity contribution >= 4 is 34.4 Å². The molecule has 31 heavy (non-hydrogen) atoms. The van der Waals surface area contributed by atoms with Gasteiger partial charge in [-0.2, -0.15) is 0 Å². The zero-order valence-electron chi connectivity index (χ0n) is 17.1. The molecule has 0 aliphatic carbocycles. The van der Waals surface area contributed by atoms with Crippen LogP contribution in [0.25, 0.3) is 22.4 Å². The summed E-state index contributed by atoms with van der Waals surface area (Å²) in [5.74, 6) is 3.25. The van der Waals surface area contributed by atoms with Crippen LogP contribution in [0.4, 0.5) is 0 Å². The molecule has 0 amide bonds. The van der Waals surface area contributed by atoms with Crippen molar-refractivity contribution in [2.45, 2.75) is 24.4 Å². The van der Waals surface area contributed by atoms with Crippen molar-refractivity contribution in [1.29, 1.82) is 0 Å². The van der Waals surface area contributed by atoms with Gasteiger partial charge in [-0.1, -0.05) is 53.7 Å². The number of hydrogen-bond acceptors (Lipinski definition) is 5. The van der Waals surface area contributed by atoms with Crippen LogP contribution < -0.4 is 0 Å².